The summed E-state index contributed by atoms with van der Waals surface area (Å²) >= 11 is 1.50. The number of hydrogen-bond acceptors (Lipinski definition) is 4. The van der Waals surface area contributed by atoms with E-state index in [2.05, 4.69) is 21.7 Å². The molecular formula is C18H17N3OS. The SMILES string of the molecule is O=C(Nc1nc2ccccc2s1)c1ccc2c(c1)CCNCC2. The molecule has 0 saturated carbocycles. The van der Waals surface area contributed by atoms with Gasteiger partial charge in [-0.25, -0.2) is 4.98 Å². The highest BCUT2D eigenvalue weighted by Crippen LogP contribution is 2.26. The fraction of sp³-hybridized carbons (Fsp3) is 0.222. The highest BCUT2D eigenvalue weighted by atomic mass is 32.1. The van der Waals surface area contributed by atoms with Crippen LogP contribution in [-0.2, 0) is 12.8 Å². The van der Waals surface area contributed by atoms with E-state index in [-0.39, 0.29) is 5.91 Å². The zero-order chi connectivity index (χ0) is 15.6. The number of carbonyl (C=O) groups is 1. The van der Waals surface area contributed by atoms with E-state index >= 15 is 0 Å². The van der Waals surface area contributed by atoms with Gasteiger partial charge in [-0.15, -0.1) is 0 Å². The van der Waals surface area contributed by atoms with Crippen molar-refractivity contribution in [3.8, 4) is 0 Å². The van der Waals surface area contributed by atoms with Crippen molar-refractivity contribution in [2.24, 2.45) is 0 Å². The second-order valence-electron chi connectivity index (χ2n) is 5.67. The first-order valence-corrected chi connectivity index (χ1v) is 8.61. The van der Waals surface area contributed by atoms with E-state index in [9.17, 15) is 4.79 Å². The van der Waals surface area contributed by atoms with Crippen molar-refractivity contribution >= 4 is 32.6 Å². The lowest BCUT2D eigenvalue weighted by Crippen LogP contribution is -2.16. The first-order chi connectivity index (χ1) is 11.3. The van der Waals surface area contributed by atoms with Gasteiger partial charge in [0.05, 0.1) is 10.2 Å². The van der Waals surface area contributed by atoms with Crippen molar-refractivity contribution in [2.45, 2.75) is 12.8 Å². The number of benzene rings is 2. The second-order valence-corrected chi connectivity index (χ2v) is 6.71. The standard InChI is InChI=1S/C18H17N3OS/c22-17(21-18-20-15-3-1-2-4-16(15)23-18)14-6-5-12-7-9-19-10-8-13(12)11-14/h1-6,11,19H,7-10H2,(H,20,21,22). The first kappa shape index (κ1) is 14.4. The van der Waals surface area contributed by atoms with Crippen LogP contribution in [-0.4, -0.2) is 24.0 Å². The summed E-state index contributed by atoms with van der Waals surface area (Å²) in [5.41, 5.74) is 4.23. The van der Waals surface area contributed by atoms with E-state index in [1.54, 1.807) is 0 Å². The van der Waals surface area contributed by atoms with Crippen LogP contribution in [0.2, 0.25) is 0 Å². The lowest BCUT2D eigenvalue weighted by atomic mass is 10.00. The Bertz CT molecular complexity index is 839. The maximum atomic E-state index is 12.5. The van der Waals surface area contributed by atoms with Gasteiger partial charge in [-0.2, -0.15) is 0 Å². The lowest BCUT2D eigenvalue weighted by molar-refractivity contribution is 0.102. The van der Waals surface area contributed by atoms with Crippen LogP contribution >= 0.6 is 11.3 Å². The Morgan fingerprint density at radius 3 is 2.78 bits per heavy atom. The number of para-hydroxylation sites is 1. The summed E-state index contributed by atoms with van der Waals surface area (Å²) < 4.78 is 1.08. The molecule has 1 aliphatic rings. The van der Waals surface area contributed by atoms with Gasteiger partial charge in [-0.05, 0) is 61.3 Å². The molecule has 2 N–H and O–H groups in total. The molecule has 0 aliphatic carbocycles. The zero-order valence-corrected chi connectivity index (χ0v) is 13.5. The fourth-order valence-electron chi connectivity index (χ4n) is 2.91. The van der Waals surface area contributed by atoms with Crippen molar-refractivity contribution in [1.82, 2.24) is 10.3 Å². The van der Waals surface area contributed by atoms with Gasteiger partial charge in [0.1, 0.15) is 0 Å². The second kappa shape index (κ2) is 6.10. The fourth-order valence-corrected chi connectivity index (χ4v) is 3.77. The van der Waals surface area contributed by atoms with Gasteiger partial charge in [0, 0.05) is 5.56 Å². The Hall–Kier alpha value is -2.24. The van der Waals surface area contributed by atoms with Crippen LogP contribution in [0.5, 0.6) is 0 Å². The molecule has 116 valence electrons. The Kier molecular flexibility index (Phi) is 3.81. The number of aromatic nitrogens is 1. The molecule has 0 fully saturated rings. The number of carbonyl (C=O) groups excluding carboxylic acids is 1. The van der Waals surface area contributed by atoms with Crippen LogP contribution in [0, 0.1) is 0 Å². The maximum absolute atomic E-state index is 12.5. The average Bonchev–Trinajstić information content (AvgIpc) is 2.82. The summed E-state index contributed by atoms with van der Waals surface area (Å²) in [7, 11) is 0. The molecule has 0 unspecified atom stereocenters. The average molecular weight is 323 g/mol. The molecule has 0 bridgehead atoms. The van der Waals surface area contributed by atoms with Crippen LogP contribution in [0.15, 0.2) is 42.5 Å². The Labute approximate surface area is 138 Å². The number of hydrogen-bond donors (Lipinski definition) is 2. The van der Waals surface area contributed by atoms with Crippen LogP contribution < -0.4 is 10.6 Å². The van der Waals surface area contributed by atoms with Crippen LogP contribution in [0.25, 0.3) is 10.2 Å². The molecule has 0 radical (unpaired) electrons. The number of amides is 1. The summed E-state index contributed by atoms with van der Waals surface area (Å²) in [6.07, 6.45) is 1.99. The van der Waals surface area contributed by atoms with Gasteiger partial charge in [0.2, 0.25) is 0 Å². The van der Waals surface area contributed by atoms with E-state index in [4.69, 9.17) is 0 Å². The number of nitrogens with zero attached hydrogens (tertiary/aromatic N) is 1. The van der Waals surface area contributed by atoms with Gasteiger partial charge >= 0.3 is 0 Å². The van der Waals surface area contributed by atoms with Gasteiger partial charge in [-0.3, -0.25) is 10.1 Å². The minimum absolute atomic E-state index is 0.0935. The largest absolute Gasteiger partial charge is 0.316 e. The van der Waals surface area contributed by atoms with E-state index < -0.39 is 0 Å². The van der Waals surface area contributed by atoms with E-state index in [1.807, 2.05) is 36.4 Å². The lowest BCUT2D eigenvalue weighted by Gasteiger charge is -2.08. The summed E-state index contributed by atoms with van der Waals surface area (Å²) in [5.74, 6) is -0.0935. The normalized spacial score (nSPS) is 14.3. The molecule has 4 nitrogen and oxygen atoms in total. The molecule has 1 aliphatic heterocycles. The molecule has 3 aromatic rings. The monoisotopic (exact) mass is 323 g/mol. The number of thiazole rings is 1. The van der Waals surface area contributed by atoms with E-state index in [0.29, 0.717) is 10.7 Å². The summed E-state index contributed by atoms with van der Waals surface area (Å²) in [5, 5.41) is 6.96. The summed E-state index contributed by atoms with van der Waals surface area (Å²) in [6.45, 7) is 1.97. The van der Waals surface area contributed by atoms with Crippen LogP contribution in [0.3, 0.4) is 0 Å². The molecule has 2 aromatic carbocycles. The Balaban J connectivity index is 1.58. The Morgan fingerprint density at radius 1 is 1.09 bits per heavy atom. The molecule has 0 atom stereocenters. The summed E-state index contributed by atoms with van der Waals surface area (Å²) in [4.78, 5) is 17.0. The minimum Gasteiger partial charge on any atom is -0.316 e. The van der Waals surface area contributed by atoms with Crippen molar-refractivity contribution < 1.29 is 4.79 Å². The third kappa shape index (κ3) is 2.98. The molecule has 1 aromatic heterocycles. The van der Waals surface area contributed by atoms with Crippen molar-refractivity contribution in [1.29, 1.82) is 0 Å². The van der Waals surface area contributed by atoms with Gasteiger partial charge < -0.3 is 5.32 Å². The molecule has 23 heavy (non-hydrogen) atoms. The van der Waals surface area contributed by atoms with Crippen molar-refractivity contribution in [2.75, 3.05) is 18.4 Å². The van der Waals surface area contributed by atoms with Crippen LogP contribution in [0.4, 0.5) is 5.13 Å². The number of fused-ring (bicyclic) bond motifs is 2. The molecule has 1 amide bonds. The highest BCUT2D eigenvalue weighted by molar-refractivity contribution is 7.22. The maximum Gasteiger partial charge on any atom is 0.257 e. The predicted molar refractivity (Wildman–Crippen MR) is 94.3 cm³/mol. The van der Waals surface area contributed by atoms with Gasteiger partial charge in [-0.1, -0.05) is 29.5 Å². The number of rotatable bonds is 2. The molecule has 4 rings (SSSR count). The van der Waals surface area contributed by atoms with E-state index in [0.717, 1.165) is 36.1 Å². The van der Waals surface area contributed by atoms with Crippen molar-refractivity contribution in [3.63, 3.8) is 0 Å². The molecule has 2 heterocycles. The first-order valence-electron chi connectivity index (χ1n) is 7.79. The van der Waals surface area contributed by atoms with E-state index in [1.165, 1.54) is 22.5 Å². The highest BCUT2D eigenvalue weighted by Gasteiger charge is 2.13. The third-order valence-corrected chi connectivity index (χ3v) is 5.08. The molecule has 0 saturated heterocycles. The van der Waals surface area contributed by atoms with Crippen molar-refractivity contribution in [3.05, 3.63) is 59.2 Å². The van der Waals surface area contributed by atoms with Crippen LogP contribution in [0.1, 0.15) is 21.5 Å². The molecular weight excluding hydrogens is 306 g/mol. The van der Waals surface area contributed by atoms with Gasteiger partial charge in [0.25, 0.3) is 5.91 Å². The number of nitrogens with one attached hydrogen (secondary N) is 2. The smallest absolute Gasteiger partial charge is 0.257 e. The molecule has 5 heteroatoms. The van der Waals surface area contributed by atoms with Gasteiger partial charge in [0.15, 0.2) is 5.13 Å². The summed E-state index contributed by atoms with van der Waals surface area (Å²) in [6, 6.07) is 13.9. The molecule has 0 spiro atoms. The number of anilines is 1. The third-order valence-electron chi connectivity index (χ3n) is 4.13. The quantitative estimate of drug-likeness (QED) is 0.761. The topological polar surface area (TPSA) is 54.0 Å². The minimum atomic E-state index is -0.0935. The predicted octanol–water partition coefficient (Wildman–Crippen LogP) is 3.24. The zero-order valence-electron chi connectivity index (χ0n) is 12.6. The Morgan fingerprint density at radius 2 is 1.91 bits per heavy atom.